The first-order chi connectivity index (χ1) is 30.7. The average molecular weight is 907 g/mol. The fourth-order valence-corrected chi connectivity index (χ4v) is 7.92. The number of fused-ring (bicyclic) bond motifs is 2. The number of anilines is 1. The normalized spacial score (nSPS) is 14.2. The van der Waals surface area contributed by atoms with Crippen LogP contribution in [-0.4, -0.2) is 79.6 Å². The summed E-state index contributed by atoms with van der Waals surface area (Å²) in [5, 5.41) is 11.0. The molecule has 3 N–H and O–H groups in total. The molecule has 3 aromatic heterocycles. The van der Waals surface area contributed by atoms with Gasteiger partial charge >= 0.3 is 18.4 Å². The molecule has 14 nitrogen and oxygen atoms in total. The molecule has 0 radical (unpaired) electrons. The van der Waals surface area contributed by atoms with E-state index < -0.39 is 46.5 Å². The number of hydrogen-bond donors (Lipinski definition) is 3. The van der Waals surface area contributed by atoms with Gasteiger partial charge in [0.1, 0.15) is 28.8 Å². The molecule has 5 aromatic rings. The smallest absolute Gasteiger partial charge is 0.419 e. The van der Waals surface area contributed by atoms with Gasteiger partial charge in [-0.15, -0.1) is 0 Å². The van der Waals surface area contributed by atoms with Gasteiger partial charge < -0.3 is 39.5 Å². The third kappa shape index (κ3) is 11.6. The molecule has 0 saturated carbocycles. The highest BCUT2D eigenvalue weighted by Crippen LogP contribution is 2.41. The predicted octanol–water partition coefficient (Wildman–Crippen LogP) is 9.33. The van der Waals surface area contributed by atoms with E-state index in [-0.39, 0.29) is 44.2 Å². The van der Waals surface area contributed by atoms with E-state index in [1.54, 1.807) is 58.7 Å². The van der Waals surface area contributed by atoms with Crippen LogP contribution >= 0.6 is 0 Å². The Morgan fingerprint density at radius 2 is 1.58 bits per heavy atom. The summed E-state index contributed by atoms with van der Waals surface area (Å²) in [4.78, 5) is 51.2. The number of aldehydes is 1. The van der Waals surface area contributed by atoms with E-state index in [9.17, 15) is 27.6 Å². The molecule has 2 aromatic carbocycles. The molecule has 350 valence electrons. The molecule has 1 aliphatic heterocycles. The van der Waals surface area contributed by atoms with E-state index in [0.29, 0.717) is 72.7 Å². The van der Waals surface area contributed by atoms with Crippen LogP contribution < -0.4 is 15.5 Å². The maximum Gasteiger partial charge on any atom is 0.419 e. The predicted molar refractivity (Wildman–Crippen MR) is 237 cm³/mol. The minimum atomic E-state index is -4.60. The summed E-state index contributed by atoms with van der Waals surface area (Å²) in [6, 6.07) is 9.15. The average Bonchev–Trinajstić information content (AvgIpc) is 3.87. The van der Waals surface area contributed by atoms with Crippen LogP contribution in [0, 0.1) is 5.82 Å². The highest BCUT2D eigenvalue weighted by Gasteiger charge is 2.36. The zero-order chi connectivity index (χ0) is 47.3. The van der Waals surface area contributed by atoms with Crippen molar-refractivity contribution < 1.29 is 46.2 Å². The fourth-order valence-electron chi connectivity index (χ4n) is 7.92. The number of alkyl halides is 3. The third-order valence-electron chi connectivity index (χ3n) is 10.9. The Hall–Kier alpha value is -6.04. The first-order valence-electron chi connectivity index (χ1n) is 21.8. The van der Waals surface area contributed by atoms with Crippen molar-refractivity contribution in [2.45, 2.75) is 130 Å². The molecular weight excluding hydrogens is 849 g/mol. The van der Waals surface area contributed by atoms with Crippen LogP contribution in [0.25, 0.3) is 27.8 Å². The Morgan fingerprint density at radius 1 is 0.923 bits per heavy atom. The number of rotatable bonds is 16. The van der Waals surface area contributed by atoms with Gasteiger partial charge in [-0.05, 0) is 96.9 Å². The molecule has 0 saturated heterocycles. The second kappa shape index (κ2) is 19.6. The SMILES string of the molecule is CCc1cccc(CC)c1-n1nc2c(c1-c1c(F)cc(COC[C@@](C=O)(CCCCNC(=O)OC(C)(C)C)NC(=O)OC(C)(C)C)c3[nH]ccc13)CN(c1ncc(C(F)(F)F)cn1)CC2. The monoisotopic (exact) mass is 906 g/mol. The van der Waals surface area contributed by atoms with Gasteiger partial charge in [0.25, 0.3) is 0 Å². The molecule has 65 heavy (non-hydrogen) atoms. The number of alkyl carbamates (subject to hydrolysis) is 2. The molecule has 0 bridgehead atoms. The van der Waals surface area contributed by atoms with Crippen LogP contribution in [0.4, 0.5) is 33.1 Å². The van der Waals surface area contributed by atoms with Gasteiger partial charge in [-0.3, -0.25) is 0 Å². The third-order valence-corrected chi connectivity index (χ3v) is 10.9. The summed E-state index contributed by atoms with van der Waals surface area (Å²) >= 11 is 0. The molecule has 0 aliphatic carbocycles. The van der Waals surface area contributed by atoms with Crippen molar-refractivity contribution >= 4 is 35.3 Å². The minimum Gasteiger partial charge on any atom is -0.444 e. The van der Waals surface area contributed by atoms with Crippen molar-refractivity contribution in [2.75, 3.05) is 24.6 Å². The van der Waals surface area contributed by atoms with Crippen LogP contribution in [0.5, 0.6) is 0 Å². The van der Waals surface area contributed by atoms with Crippen molar-refractivity contribution in [3.63, 3.8) is 0 Å². The number of carbonyl (C=O) groups is 3. The molecule has 1 aliphatic rings. The standard InChI is InChI=1S/C47H58F4N8O6/c1-9-29-14-13-15-30(10-2)39(29)59-40(34-25-58(21-17-36(34)57-59)41-54-23-32(24-55-41)47(49,50)51)37-33-16-20-52-38(33)31(22-35(37)48)26-63-28-46(27-60,56-43(62)65-45(6,7)8)18-11-12-19-53-42(61)64-44(3,4)5/h13-16,20,22-24,27,52H,9-12,17-19,21,25-26,28H2,1-8H3,(H,53,61)(H,56,62)/t46-/m0/s1. The van der Waals surface area contributed by atoms with Crippen LogP contribution in [0.15, 0.2) is 48.9 Å². The van der Waals surface area contributed by atoms with Gasteiger partial charge in [-0.25, -0.2) is 28.6 Å². The Balaban J connectivity index is 1.33. The largest absolute Gasteiger partial charge is 0.444 e. The van der Waals surface area contributed by atoms with E-state index in [4.69, 9.17) is 19.3 Å². The van der Waals surface area contributed by atoms with Crippen molar-refractivity contribution in [2.24, 2.45) is 0 Å². The summed E-state index contributed by atoms with van der Waals surface area (Å²) in [6.07, 6.45) is 0.569. The lowest BCUT2D eigenvalue weighted by atomic mass is 9.94. The summed E-state index contributed by atoms with van der Waals surface area (Å²) < 4.78 is 76.2. The number of ether oxygens (including phenoxy) is 3. The molecule has 0 fully saturated rings. The van der Waals surface area contributed by atoms with Gasteiger partial charge in [-0.1, -0.05) is 32.0 Å². The molecule has 18 heteroatoms. The summed E-state index contributed by atoms with van der Waals surface area (Å²) in [7, 11) is 0. The summed E-state index contributed by atoms with van der Waals surface area (Å²) in [5.41, 5.74) is 1.98. The molecule has 2 amide bonds. The van der Waals surface area contributed by atoms with Crippen LogP contribution in [0.3, 0.4) is 0 Å². The molecule has 0 spiro atoms. The van der Waals surface area contributed by atoms with E-state index in [2.05, 4.69) is 25.6 Å². The number of amides is 2. The fraction of sp³-hybridized carbons (Fsp3) is 0.489. The quantitative estimate of drug-likeness (QED) is 0.0494. The zero-order valence-electron chi connectivity index (χ0n) is 38.2. The number of aryl methyl sites for hydroxylation is 2. The van der Waals surface area contributed by atoms with Crippen molar-refractivity contribution in [3.8, 4) is 16.9 Å². The lowest BCUT2D eigenvalue weighted by Crippen LogP contribution is -2.54. The Kier molecular flexibility index (Phi) is 14.6. The van der Waals surface area contributed by atoms with Crippen LogP contribution in [0.2, 0.25) is 0 Å². The number of hydrogen-bond acceptors (Lipinski definition) is 10. The van der Waals surface area contributed by atoms with E-state index in [0.717, 1.165) is 34.9 Å². The number of nitrogens with one attached hydrogen (secondary N) is 3. The zero-order valence-corrected chi connectivity index (χ0v) is 38.2. The van der Waals surface area contributed by atoms with Gasteiger partial charge in [0, 0.05) is 66.7 Å². The van der Waals surface area contributed by atoms with E-state index in [1.807, 2.05) is 36.7 Å². The number of para-hydroxylation sites is 1. The first-order valence-corrected chi connectivity index (χ1v) is 21.8. The molecule has 0 unspecified atom stereocenters. The van der Waals surface area contributed by atoms with Gasteiger partial charge in [0.2, 0.25) is 5.95 Å². The summed E-state index contributed by atoms with van der Waals surface area (Å²) in [6.45, 7) is 14.8. The van der Waals surface area contributed by atoms with Crippen LogP contribution in [0.1, 0.15) is 108 Å². The maximum atomic E-state index is 17.2. The number of nitrogens with zero attached hydrogens (tertiary/aromatic N) is 5. The highest BCUT2D eigenvalue weighted by atomic mass is 19.4. The second-order valence-electron chi connectivity index (χ2n) is 18.2. The van der Waals surface area contributed by atoms with Crippen LogP contribution in [-0.2, 0) is 57.6 Å². The number of benzene rings is 2. The number of aromatic amines is 1. The number of carbonyl (C=O) groups excluding carboxylic acids is 3. The Bertz CT molecular complexity index is 2470. The number of aromatic nitrogens is 5. The second-order valence-corrected chi connectivity index (χ2v) is 18.2. The first kappa shape index (κ1) is 48.4. The molecule has 6 rings (SSSR count). The highest BCUT2D eigenvalue weighted by molar-refractivity contribution is 5.98. The lowest BCUT2D eigenvalue weighted by Gasteiger charge is -2.31. The topological polar surface area (TPSA) is 166 Å². The number of H-pyrrole nitrogens is 1. The molecule has 1 atom stereocenters. The van der Waals surface area contributed by atoms with Crippen molar-refractivity contribution in [3.05, 3.63) is 88.3 Å². The Morgan fingerprint density at radius 3 is 2.20 bits per heavy atom. The van der Waals surface area contributed by atoms with Gasteiger partial charge in [0.05, 0.1) is 41.4 Å². The van der Waals surface area contributed by atoms with Crippen molar-refractivity contribution in [1.82, 2.24) is 35.4 Å². The van der Waals surface area contributed by atoms with Crippen molar-refractivity contribution in [1.29, 1.82) is 0 Å². The van der Waals surface area contributed by atoms with Gasteiger partial charge in [-0.2, -0.15) is 18.3 Å². The molecule has 4 heterocycles. The maximum absolute atomic E-state index is 17.2. The Labute approximate surface area is 375 Å². The van der Waals surface area contributed by atoms with E-state index in [1.165, 1.54) is 6.07 Å². The minimum absolute atomic E-state index is 0.107. The van der Waals surface area contributed by atoms with E-state index >= 15 is 4.39 Å². The number of unbranched alkanes of at least 4 members (excludes halogenated alkanes) is 1. The summed E-state index contributed by atoms with van der Waals surface area (Å²) in [5.74, 6) is -0.476. The number of halogens is 4. The van der Waals surface area contributed by atoms with Gasteiger partial charge in [0.15, 0.2) is 0 Å². The lowest BCUT2D eigenvalue weighted by molar-refractivity contribution is -0.138. The molecular formula is C47H58F4N8O6.